The van der Waals surface area contributed by atoms with E-state index in [1.165, 1.54) is 22.3 Å². The fourth-order valence-electron chi connectivity index (χ4n) is 3.38. The lowest BCUT2D eigenvalue weighted by Gasteiger charge is -2.29. The first-order valence-electron chi connectivity index (χ1n) is 9.47. The highest BCUT2D eigenvalue weighted by Gasteiger charge is 2.33. The van der Waals surface area contributed by atoms with Crippen LogP contribution in [0.15, 0.2) is 47.8 Å². The van der Waals surface area contributed by atoms with Crippen molar-refractivity contribution < 1.29 is 22.7 Å². The lowest BCUT2D eigenvalue weighted by molar-refractivity contribution is -0.137. The number of aromatic nitrogens is 1. The van der Waals surface area contributed by atoms with E-state index in [9.17, 15) is 18.0 Å². The molecule has 0 spiro atoms. The molecule has 0 N–H and O–H groups in total. The van der Waals surface area contributed by atoms with Crippen LogP contribution in [-0.2, 0) is 19.2 Å². The fourth-order valence-corrected chi connectivity index (χ4v) is 4.06. The van der Waals surface area contributed by atoms with Gasteiger partial charge in [0, 0.05) is 17.6 Å². The van der Waals surface area contributed by atoms with Crippen LogP contribution in [0.1, 0.15) is 38.6 Å². The summed E-state index contributed by atoms with van der Waals surface area (Å²) < 4.78 is 44.7. The molecule has 0 bridgehead atoms. The van der Waals surface area contributed by atoms with E-state index in [4.69, 9.17) is 4.74 Å². The quantitative estimate of drug-likeness (QED) is 0.536. The van der Waals surface area contributed by atoms with Gasteiger partial charge in [-0.25, -0.2) is 4.98 Å². The van der Waals surface area contributed by atoms with Gasteiger partial charge in [0.2, 0.25) is 0 Å². The number of nitrogens with zero attached hydrogens (tertiary/aromatic N) is 2. The Hall–Kier alpha value is -2.87. The van der Waals surface area contributed by atoms with Crippen molar-refractivity contribution in [3.05, 3.63) is 75.2 Å². The summed E-state index contributed by atoms with van der Waals surface area (Å²) in [6.45, 7) is 2.68. The summed E-state index contributed by atoms with van der Waals surface area (Å²) in [5.41, 5.74) is 1.76. The monoisotopic (exact) mass is 432 g/mol. The van der Waals surface area contributed by atoms with Crippen molar-refractivity contribution >= 4 is 22.9 Å². The smallest absolute Gasteiger partial charge is 0.416 e. The number of benzene rings is 2. The van der Waals surface area contributed by atoms with Gasteiger partial charge < -0.3 is 9.64 Å². The molecule has 3 aromatic rings. The van der Waals surface area contributed by atoms with Crippen LogP contribution in [0.25, 0.3) is 0 Å². The number of fused-ring (bicyclic) bond motifs is 1. The van der Waals surface area contributed by atoms with Gasteiger partial charge in [0.1, 0.15) is 23.1 Å². The Labute approximate surface area is 175 Å². The topological polar surface area (TPSA) is 42.4 Å². The highest BCUT2D eigenvalue weighted by Crippen LogP contribution is 2.35. The zero-order valence-corrected chi connectivity index (χ0v) is 17.0. The number of hydrogen-bond donors (Lipinski definition) is 0. The summed E-state index contributed by atoms with van der Waals surface area (Å²) in [7, 11) is 0. The number of hydrogen-bond acceptors (Lipinski definition) is 4. The number of aryl methyl sites for hydroxylation is 2. The van der Waals surface area contributed by atoms with E-state index >= 15 is 0 Å². The van der Waals surface area contributed by atoms with Crippen molar-refractivity contribution in [2.75, 3.05) is 11.4 Å². The average Bonchev–Trinajstić information content (AvgIpc) is 3.20. The second kappa shape index (κ2) is 8.10. The van der Waals surface area contributed by atoms with Crippen LogP contribution < -0.4 is 9.64 Å². The molecule has 1 amide bonds. The fraction of sp³-hybridized carbons (Fsp3) is 0.273. The molecule has 0 aliphatic carbocycles. The molecule has 2 heterocycles. The lowest BCUT2D eigenvalue weighted by Crippen LogP contribution is -2.35. The van der Waals surface area contributed by atoms with Gasteiger partial charge in [0.15, 0.2) is 0 Å². The molecular formula is C22H19F3N2O2S. The van der Waals surface area contributed by atoms with Gasteiger partial charge >= 0.3 is 6.18 Å². The van der Waals surface area contributed by atoms with Crippen molar-refractivity contribution in [1.29, 1.82) is 0 Å². The summed E-state index contributed by atoms with van der Waals surface area (Å²) in [5.74, 6) is 0.405. The maximum atomic E-state index is 13.0. The number of alkyl halides is 3. The molecule has 8 heteroatoms. The Balaban J connectivity index is 1.48. The van der Waals surface area contributed by atoms with Crippen LogP contribution in [-0.4, -0.2) is 17.4 Å². The third-order valence-corrected chi connectivity index (χ3v) is 5.75. The first-order chi connectivity index (χ1) is 14.3. The molecule has 1 aliphatic heterocycles. The number of carbonyl (C=O) groups is 1. The molecule has 1 aliphatic rings. The molecule has 30 heavy (non-hydrogen) atoms. The van der Waals surface area contributed by atoms with E-state index in [1.54, 1.807) is 5.38 Å². The number of halogens is 3. The van der Waals surface area contributed by atoms with Crippen LogP contribution in [0.4, 0.5) is 18.9 Å². The predicted octanol–water partition coefficient (Wildman–Crippen LogP) is 5.64. The lowest BCUT2D eigenvalue weighted by atomic mass is 9.98. The van der Waals surface area contributed by atoms with Crippen LogP contribution >= 0.6 is 11.3 Å². The first kappa shape index (κ1) is 20.4. The normalized spacial score (nSPS) is 13.8. The van der Waals surface area contributed by atoms with Gasteiger partial charge in [-0.3, -0.25) is 4.79 Å². The second-order valence-corrected chi connectivity index (χ2v) is 8.07. The number of amides is 1. The molecule has 0 radical (unpaired) electrons. The number of ether oxygens (including phenoxy) is 1. The predicted molar refractivity (Wildman–Crippen MR) is 109 cm³/mol. The summed E-state index contributed by atoms with van der Waals surface area (Å²) in [6.07, 6.45) is -3.29. The van der Waals surface area contributed by atoms with Crippen molar-refractivity contribution in [1.82, 2.24) is 4.98 Å². The summed E-state index contributed by atoms with van der Waals surface area (Å²) in [6, 6.07) is 11.2. The standard InChI is InChI=1S/C22H19F3N2O2S/c1-14-4-7-17(8-5-14)29-12-20-26-18(13-30-20)21(28)27-10-2-3-15-11-16(22(23,24)25)6-9-19(15)27/h4-9,11,13H,2-3,10,12H2,1H3. The minimum absolute atomic E-state index is 0.243. The average molecular weight is 432 g/mol. The summed E-state index contributed by atoms with van der Waals surface area (Å²) in [4.78, 5) is 18.9. The van der Waals surface area contributed by atoms with E-state index in [0.717, 1.165) is 17.7 Å². The van der Waals surface area contributed by atoms with Crippen molar-refractivity contribution in [3.8, 4) is 5.75 Å². The molecule has 0 saturated carbocycles. The summed E-state index contributed by atoms with van der Waals surface area (Å²) in [5, 5.41) is 2.32. The minimum Gasteiger partial charge on any atom is -0.486 e. The maximum Gasteiger partial charge on any atom is 0.416 e. The van der Waals surface area contributed by atoms with Gasteiger partial charge in [0.25, 0.3) is 5.91 Å². The molecule has 0 atom stereocenters. The van der Waals surface area contributed by atoms with E-state index in [-0.39, 0.29) is 18.2 Å². The van der Waals surface area contributed by atoms with E-state index in [0.29, 0.717) is 41.4 Å². The van der Waals surface area contributed by atoms with Crippen molar-refractivity contribution in [3.63, 3.8) is 0 Å². The number of carbonyl (C=O) groups excluding carboxylic acids is 1. The molecule has 4 nitrogen and oxygen atoms in total. The zero-order chi connectivity index (χ0) is 21.3. The Morgan fingerprint density at radius 2 is 1.97 bits per heavy atom. The molecule has 0 unspecified atom stereocenters. The van der Waals surface area contributed by atoms with Crippen LogP contribution in [0, 0.1) is 6.92 Å². The molecule has 0 fully saturated rings. The van der Waals surface area contributed by atoms with Crippen molar-refractivity contribution in [2.24, 2.45) is 0 Å². The number of rotatable bonds is 4. The SMILES string of the molecule is Cc1ccc(OCc2nc(C(=O)N3CCCc4cc(C(F)(F)F)ccc43)cs2)cc1. The molecule has 1 aromatic heterocycles. The molecular weight excluding hydrogens is 413 g/mol. The van der Waals surface area contributed by atoms with Gasteiger partial charge in [-0.15, -0.1) is 11.3 Å². The maximum absolute atomic E-state index is 13.0. The number of anilines is 1. The summed E-state index contributed by atoms with van der Waals surface area (Å²) >= 11 is 1.32. The Morgan fingerprint density at radius 1 is 1.20 bits per heavy atom. The van der Waals surface area contributed by atoms with Crippen LogP contribution in [0.5, 0.6) is 5.75 Å². The van der Waals surface area contributed by atoms with Crippen LogP contribution in [0.2, 0.25) is 0 Å². The largest absolute Gasteiger partial charge is 0.486 e. The Bertz CT molecular complexity index is 1060. The molecule has 0 saturated heterocycles. The zero-order valence-electron chi connectivity index (χ0n) is 16.2. The Kier molecular flexibility index (Phi) is 5.51. The first-order valence-corrected chi connectivity index (χ1v) is 10.3. The van der Waals surface area contributed by atoms with Gasteiger partial charge in [-0.05, 0) is 55.7 Å². The van der Waals surface area contributed by atoms with E-state index < -0.39 is 11.7 Å². The second-order valence-electron chi connectivity index (χ2n) is 7.13. The van der Waals surface area contributed by atoms with Gasteiger partial charge in [-0.1, -0.05) is 17.7 Å². The number of thiazole rings is 1. The third kappa shape index (κ3) is 4.33. The van der Waals surface area contributed by atoms with Crippen LogP contribution in [0.3, 0.4) is 0 Å². The van der Waals surface area contributed by atoms with Gasteiger partial charge in [0.05, 0.1) is 5.56 Å². The highest BCUT2D eigenvalue weighted by molar-refractivity contribution is 7.09. The minimum atomic E-state index is -4.40. The van der Waals surface area contributed by atoms with Gasteiger partial charge in [-0.2, -0.15) is 13.2 Å². The third-order valence-electron chi connectivity index (χ3n) is 4.92. The Morgan fingerprint density at radius 3 is 2.70 bits per heavy atom. The molecule has 156 valence electrons. The van der Waals surface area contributed by atoms with Crippen molar-refractivity contribution in [2.45, 2.75) is 32.5 Å². The van der Waals surface area contributed by atoms with E-state index in [1.807, 2.05) is 31.2 Å². The molecule has 4 rings (SSSR count). The molecule has 2 aromatic carbocycles. The highest BCUT2D eigenvalue weighted by atomic mass is 32.1. The van der Waals surface area contributed by atoms with E-state index in [2.05, 4.69) is 4.98 Å².